The minimum atomic E-state index is -5.04. The molecule has 9 rings (SSSR count). The van der Waals surface area contributed by atoms with Crippen LogP contribution in [0.3, 0.4) is 0 Å². The Hall–Kier alpha value is -9.77. The largest absolute Gasteiger partial charge is 0.524 e. The van der Waals surface area contributed by atoms with Crippen LogP contribution in [0.25, 0.3) is 21.5 Å². The summed E-state index contributed by atoms with van der Waals surface area (Å²) >= 11 is 13.1. The summed E-state index contributed by atoms with van der Waals surface area (Å²) in [5.74, 6) is -4.98. The van der Waals surface area contributed by atoms with E-state index in [1.807, 2.05) is 12.1 Å². The molecule has 36 heteroatoms. The standard InChI is InChI=1S/C77H95Cl2N10O23P/c1-5-85(27-28-86(6-2)77(99)111-63-42-59-68(56-14-9-7-12-54(56)63)51(44-78)46-88(59)73(95)61-21-22-62(110-61)74(96)89-47-52(45-79)69-57-15-10-8-13-55(57)64(43-60(69)89)112-113(100,101)102)76(98)109-48-50-17-19-53(20-18-50)82-71(93)58(16-11-26-81-75(80)97)83-72(94)70(49(3)4)84-65(90)25-30-103-32-34-105-36-38-107-40-41-108-39-37-106-35-33-104-31-29-87-66(91)23-24-67(87)92/h7-10,12-15,17-24,42-43,49,51-52,58,70H,5-6,11,16,25-41,44-48H2,1-4H3,(H,82,93)(H,83,94)(H,84,90)(H3,80,81,97)(H2,100,101,102)/t51-,52-,58+,70+/m1/s1. The fraction of sp³-hybridized carbons (Fsp3) is 0.455. The molecule has 8 N–H and O–H groups in total. The van der Waals surface area contributed by atoms with Gasteiger partial charge < -0.3 is 93.4 Å². The van der Waals surface area contributed by atoms with Gasteiger partial charge in [-0.25, -0.2) is 18.9 Å². The molecule has 11 amide bonds. The minimum Gasteiger partial charge on any atom is -0.446 e. The lowest BCUT2D eigenvalue weighted by atomic mass is 9.95. The Kier molecular flexibility index (Phi) is 33.1. The molecule has 0 bridgehead atoms. The maximum atomic E-state index is 14.7. The first-order valence-corrected chi connectivity index (χ1v) is 39.6. The summed E-state index contributed by atoms with van der Waals surface area (Å²) in [5.41, 5.74) is 8.26. The molecule has 3 aliphatic heterocycles. The van der Waals surface area contributed by atoms with Crippen LogP contribution < -0.4 is 46.1 Å². The van der Waals surface area contributed by atoms with Crippen LogP contribution >= 0.6 is 31.0 Å². The summed E-state index contributed by atoms with van der Waals surface area (Å²) in [4.78, 5) is 159. The number of furan rings is 1. The lowest BCUT2D eigenvalue weighted by Crippen LogP contribution is -2.54. The summed E-state index contributed by atoms with van der Waals surface area (Å²) in [6, 6.07) is 23.3. The van der Waals surface area contributed by atoms with Crippen molar-refractivity contribution in [3.63, 3.8) is 0 Å². The molecule has 0 saturated heterocycles. The van der Waals surface area contributed by atoms with Gasteiger partial charge in [-0.3, -0.25) is 48.2 Å². The number of hydrogen-bond donors (Lipinski definition) is 7. The van der Waals surface area contributed by atoms with Crippen molar-refractivity contribution in [3.8, 4) is 11.5 Å². The summed E-state index contributed by atoms with van der Waals surface area (Å²) in [6.07, 6.45) is 1.29. The van der Waals surface area contributed by atoms with Gasteiger partial charge in [0.25, 0.3) is 23.6 Å². The van der Waals surface area contributed by atoms with E-state index in [-0.39, 0.29) is 163 Å². The highest BCUT2D eigenvalue weighted by Gasteiger charge is 2.40. The van der Waals surface area contributed by atoms with Gasteiger partial charge >= 0.3 is 26.0 Å². The number of carbonyl (C=O) groups is 10. The van der Waals surface area contributed by atoms with Crippen molar-refractivity contribution in [3.05, 3.63) is 137 Å². The first kappa shape index (κ1) is 87.2. The van der Waals surface area contributed by atoms with Crippen LogP contribution in [-0.4, -0.2) is 240 Å². The lowest BCUT2D eigenvalue weighted by molar-refractivity contribution is -0.137. The van der Waals surface area contributed by atoms with Gasteiger partial charge in [0.1, 0.15) is 30.2 Å². The Labute approximate surface area is 662 Å². The number of halogens is 2. The number of anilines is 3. The average molecular weight is 1630 g/mol. The normalized spacial score (nSPS) is 15.0. The van der Waals surface area contributed by atoms with E-state index in [1.165, 1.54) is 50.0 Å². The van der Waals surface area contributed by atoms with Crippen LogP contribution in [0.5, 0.6) is 11.5 Å². The molecule has 4 heterocycles. The van der Waals surface area contributed by atoms with Crippen molar-refractivity contribution >= 4 is 129 Å². The molecule has 0 unspecified atom stereocenters. The highest BCUT2D eigenvalue weighted by molar-refractivity contribution is 7.46. The van der Waals surface area contributed by atoms with E-state index in [4.69, 9.17) is 75.8 Å². The molecule has 0 radical (unpaired) electrons. The number of ether oxygens (including phenoxy) is 8. The van der Waals surface area contributed by atoms with Gasteiger partial charge in [0.2, 0.25) is 17.7 Å². The van der Waals surface area contributed by atoms with Gasteiger partial charge in [0, 0.05) is 117 Å². The van der Waals surface area contributed by atoms with Crippen LogP contribution in [0, 0.1) is 5.92 Å². The van der Waals surface area contributed by atoms with E-state index in [2.05, 4.69) is 21.3 Å². The van der Waals surface area contributed by atoms with Crippen molar-refractivity contribution < 1.29 is 109 Å². The number of fused-ring (bicyclic) bond motifs is 6. The Morgan fingerprint density at radius 3 is 1.58 bits per heavy atom. The van der Waals surface area contributed by atoms with Gasteiger partial charge in [-0.15, -0.1) is 23.2 Å². The number of urea groups is 1. The summed E-state index contributed by atoms with van der Waals surface area (Å²) in [5, 5.41) is 13.0. The number of primary amides is 1. The first-order valence-electron chi connectivity index (χ1n) is 37.0. The predicted octanol–water partition coefficient (Wildman–Crippen LogP) is 7.93. The van der Waals surface area contributed by atoms with E-state index < -0.39 is 73.6 Å². The Morgan fingerprint density at radius 2 is 1.10 bits per heavy atom. The zero-order valence-corrected chi connectivity index (χ0v) is 65.6. The molecule has 0 fully saturated rings. The zero-order chi connectivity index (χ0) is 81.1. The van der Waals surface area contributed by atoms with Crippen LogP contribution in [-0.2, 0) is 68.3 Å². The second kappa shape index (κ2) is 42.9. The number of carbonyl (C=O) groups excluding carboxylic acids is 10. The number of hydrogen-bond acceptors (Lipinski definition) is 21. The molecule has 3 aliphatic rings. The molecule has 4 atom stereocenters. The summed E-state index contributed by atoms with van der Waals surface area (Å²) in [6.45, 7) is 11.2. The minimum absolute atomic E-state index is 0.0299. The number of nitrogens with zero attached hydrogens (tertiary/aromatic N) is 5. The van der Waals surface area contributed by atoms with Crippen molar-refractivity contribution in [1.82, 2.24) is 30.7 Å². The molecule has 113 heavy (non-hydrogen) atoms. The van der Waals surface area contributed by atoms with Gasteiger partial charge in [0.15, 0.2) is 11.5 Å². The smallest absolute Gasteiger partial charge is 0.446 e. The van der Waals surface area contributed by atoms with Gasteiger partial charge in [0.05, 0.1) is 97.2 Å². The quantitative estimate of drug-likeness (QED) is 0.00825. The van der Waals surface area contributed by atoms with Crippen molar-refractivity contribution in [2.24, 2.45) is 11.7 Å². The molecule has 0 saturated carbocycles. The van der Waals surface area contributed by atoms with Gasteiger partial charge in [-0.2, -0.15) is 0 Å². The number of likely N-dealkylation sites (N-methyl/N-ethyl adjacent to an activating group) is 2. The van der Waals surface area contributed by atoms with Crippen molar-refractivity contribution in [1.29, 1.82) is 0 Å². The van der Waals surface area contributed by atoms with Gasteiger partial charge in [-0.05, 0) is 84.3 Å². The fourth-order valence-electron chi connectivity index (χ4n) is 12.9. The van der Waals surface area contributed by atoms with Crippen molar-refractivity contribution in [2.75, 3.05) is 159 Å². The maximum absolute atomic E-state index is 14.7. The maximum Gasteiger partial charge on any atom is 0.524 e. The summed E-state index contributed by atoms with van der Waals surface area (Å²) < 4.78 is 68.1. The highest BCUT2D eigenvalue weighted by atomic mass is 35.5. The van der Waals surface area contributed by atoms with Crippen molar-refractivity contribution in [2.45, 2.75) is 77.5 Å². The number of amides is 11. The lowest BCUT2D eigenvalue weighted by Gasteiger charge is -2.26. The number of phosphoric ester groups is 1. The number of phosphoric acid groups is 1. The molecule has 5 aromatic carbocycles. The summed E-state index contributed by atoms with van der Waals surface area (Å²) in [7, 11) is -5.04. The van der Waals surface area contributed by atoms with E-state index in [0.717, 1.165) is 10.5 Å². The van der Waals surface area contributed by atoms with Crippen LogP contribution in [0.15, 0.2) is 114 Å². The molecule has 33 nitrogen and oxygen atoms in total. The first-order chi connectivity index (χ1) is 54.4. The number of imide groups is 1. The van der Waals surface area contributed by atoms with E-state index >= 15 is 0 Å². The third-order valence-electron chi connectivity index (χ3n) is 18.6. The number of benzene rings is 5. The SMILES string of the molecule is CCN(CCN(CC)C(=O)Oc1cc2c(c3ccccc13)[C@H](CCl)CN2C(=O)c1ccc(C(=O)N2C[C@@H](CCl)c3c2cc(OP(=O)(O)O)c2ccccc32)o1)C(=O)OCc1ccc(NC(=O)[C@H](CCCNC(N)=O)NC(=O)[C@@H](NC(=O)CCOCCOCCOCCOCCOCCOCCN2C(=O)C=CC2=O)C(C)C)cc1. The third-order valence-corrected chi connectivity index (χ3v) is 19.8. The molecule has 0 aliphatic carbocycles. The second-order valence-corrected chi connectivity index (χ2v) is 28.4. The highest BCUT2D eigenvalue weighted by Crippen LogP contribution is 2.50. The Balaban J connectivity index is 0.705. The van der Waals surface area contributed by atoms with E-state index in [0.29, 0.717) is 103 Å². The topological polar surface area (TPSA) is 415 Å². The second-order valence-electron chi connectivity index (χ2n) is 26.6. The number of alkyl halides is 2. The Bertz CT molecular complexity index is 4390. The van der Waals surface area contributed by atoms with Crippen LogP contribution in [0.4, 0.5) is 31.4 Å². The zero-order valence-electron chi connectivity index (χ0n) is 63.1. The van der Waals surface area contributed by atoms with Gasteiger partial charge in [-0.1, -0.05) is 74.5 Å². The number of nitrogens with two attached hydrogens (primary N) is 1. The molecule has 610 valence electrons. The predicted molar refractivity (Wildman–Crippen MR) is 416 cm³/mol. The molecule has 0 spiro atoms. The van der Waals surface area contributed by atoms with E-state index in [1.54, 1.807) is 94.4 Å². The molecular weight excluding hydrogens is 1530 g/mol. The molecular formula is C77H95Cl2N10O23P. The number of nitrogens with one attached hydrogen (secondary N) is 4. The molecule has 1 aromatic heterocycles. The fourth-order valence-corrected chi connectivity index (χ4v) is 13.8. The number of rotatable bonds is 45. The Morgan fingerprint density at radius 1 is 0.619 bits per heavy atom. The monoisotopic (exact) mass is 1630 g/mol. The third kappa shape index (κ3) is 24.4. The average Bonchev–Trinajstić information content (AvgIpc) is 1.61. The van der Waals surface area contributed by atoms with Crippen LogP contribution in [0.1, 0.15) is 96.6 Å². The van der Waals surface area contributed by atoms with Crippen LogP contribution in [0.2, 0.25) is 0 Å². The van der Waals surface area contributed by atoms with E-state index in [9.17, 15) is 62.3 Å². The molecule has 6 aromatic rings.